The van der Waals surface area contributed by atoms with Crippen LogP contribution in [0.15, 0.2) is 36.5 Å². The standard InChI is InChI=1S/C19H22N6O2/c1-14-7-8-20-19-21-17(22-25(14)19)18(26)23(2)13-15-3-5-16(6-4-15)24-9-11-27-12-10-24/h3-8H,9-13H2,1-2H3. The predicted octanol–water partition coefficient (Wildman–Crippen LogP) is 1.54. The fourth-order valence-corrected chi connectivity index (χ4v) is 3.15. The summed E-state index contributed by atoms with van der Waals surface area (Å²) in [5.74, 6) is 0.364. The zero-order valence-corrected chi connectivity index (χ0v) is 15.5. The Morgan fingerprint density at radius 3 is 2.63 bits per heavy atom. The number of anilines is 1. The molecule has 27 heavy (non-hydrogen) atoms. The van der Waals surface area contributed by atoms with Crippen LogP contribution in [-0.2, 0) is 11.3 Å². The number of fused-ring (bicyclic) bond motifs is 1. The van der Waals surface area contributed by atoms with E-state index in [0.29, 0.717) is 12.3 Å². The van der Waals surface area contributed by atoms with Gasteiger partial charge in [-0.05, 0) is 30.7 Å². The molecule has 0 unspecified atom stereocenters. The molecule has 0 spiro atoms. The van der Waals surface area contributed by atoms with Crippen LogP contribution in [0.4, 0.5) is 5.69 Å². The van der Waals surface area contributed by atoms with Crippen LogP contribution in [0.1, 0.15) is 21.9 Å². The number of aryl methyl sites for hydroxylation is 1. The van der Waals surface area contributed by atoms with Gasteiger partial charge in [-0.1, -0.05) is 12.1 Å². The molecule has 0 atom stereocenters. The van der Waals surface area contributed by atoms with Crippen LogP contribution in [0.5, 0.6) is 0 Å². The molecule has 3 aromatic rings. The summed E-state index contributed by atoms with van der Waals surface area (Å²) in [6.45, 7) is 5.73. The monoisotopic (exact) mass is 366 g/mol. The zero-order valence-electron chi connectivity index (χ0n) is 15.5. The molecule has 4 rings (SSSR count). The molecule has 140 valence electrons. The van der Waals surface area contributed by atoms with E-state index in [4.69, 9.17) is 4.74 Å². The molecule has 1 amide bonds. The van der Waals surface area contributed by atoms with Crippen molar-refractivity contribution in [3.8, 4) is 0 Å². The SMILES string of the molecule is Cc1ccnc2nc(C(=O)N(C)Cc3ccc(N4CCOCC4)cc3)nn12. The Morgan fingerprint density at radius 1 is 1.19 bits per heavy atom. The molecule has 2 aromatic heterocycles. The van der Waals surface area contributed by atoms with E-state index in [1.54, 1.807) is 22.7 Å². The summed E-state index contributed by atoms with van der Waals surface area (Å²) >= 11 is 0. The Kier molecular flexibility index (Phi) is 4.72. The minimum atomic E-state index is -0.225. The van der Waals surface area contributed by atoms with Gasteiger partial charge in [0.05, 0.1) is 13.2 Å². The predicted molar refractivity (Wildman–Crippen MR) is 101 cm³/mol. The van der Waals surface area contributed by atoms with Crippen LogP contribution in [0.3, 0.4) is 0 Å². The number of hydrogen-bond acceptors (Lipinski definition) is 6. The summed E-state index contributed by atoms with van der Waals surface area (Å²) in [5.41, 5.74) is 3.12. The lowest BCUT2D eigenvalue weighted by Crippen LogP contribution is -2.36. The molecule has 1 aromatic carbocycles. The Labute approximate surface area is 157 Å². The van der Waals surface area contributed by atoms with Crippen molar-refractivity contribution in [3.63, 3.8) is 0 Å². The van der Waals surface area contributed by atoms with E-state index in [2.05, 4.69) is 44.2 Å². The second kappa shape index (κ2) is 7.32. The molecule has 0 bridgehead atoms. The van der Waals surface area contributed by atoms with Crippen molar-refractivity contribution < 1.29 is 9.53 Å². The minimum absolute atomic E-state index is 0.157. The lowest BCUT2D eigenvalue weighted by atomic mass is 10.1. The summed E-state index contributed by atoms with van der Waals surface area (Å²) in [7, 11) is 1.75. The van der Waals surface area contributed by atoms with E-state index in [9.17, 15) is 4.79 Å². The topological polar surface area (TPSA) is 75.9 Å². The smallest absolute Gasteiger partial charge is 0.293 e. The lowest BCUT2D eigenvalue weighted by Gasteiger charge is -2.29. The van der Waals surface area contributed by atoms with Gasteiger partial charge < -0.3 is 14.5 Å². The first kappa shape index (κ1) is 17.4. The number of morpholine rings is 1. The van der Waals surface area contributed by atoms with E-state index in [1.165, 1.54) is 5.69 Å². The summed E-state index contributed by atoms with van der Waals surface area (Å²) in [5, 5.41) is 4.28. The van der Waals surface area contributed by atoms with Crippen LogP contribution in [0, 0.1) is 6.92 Å². The number of aromatic nitrogens is 4. The first-order chi connectivity index (χ1) is 13.1. The molecule has 1 saturated heterocycles. The van der Waals surface area contributed by atoms with Gasteiger partial charge in [0.2, 0.25) is 5.82 Å². The summed E-state index contributed by atoms with van der Waals surface area (Å²) < 4.78 is 6.97. The van der Waals surface area contributed by atoms with Crippen LogP contribution in [0.2, 0.25) is 0 Å². The van der Waals surface area contributed by atoms with Gasteiger partial charge in [0.15, 0.2) is 0 Å². The average molecular weight is 366 g/mol. The first-order valence-corrected chi connectivity index (χ1v) is 8.97. The number of amides is 1. The molecule has 1 aliphatic rings. The molecule has 8 heteroatoms. The highest BCUT2D eigenvalue weighted by Crippen LogP contribution is 2.17. The van der Waals surface area contributed by atoms with Crippen molar-refractivity contribution in [1.29, 1.82) is 0 Å². The van der Waals surface area contributed by atoms with Crippen molar-refractivity contribution in [2.45, 2.75) is 13.5 Å². The van der Waals surface area contributed by atoms with E-state index in [1.807, 2.05) is 13.0 Å². The van der Waals surface area contributed by atoms with Gasteiger partial charge in [-0.2, -0.15) is 4.98 Å². The number of carbonyl (C=O) groups excluding carboxylic acids is 1. The van der Waals surface area contributed by atoms with Crippen molar-refractivity contribution in [2.24, 2.45) is 0 Å². The highest BCUT2D eigenvalue weighted by Gasteiger charge is 2.19. The Hall–Kier alpha value is -3.00. The second-order valence-electron chi connectivity index (χ2n) is 6.66. The van der Waals surface area contributed by atoms with Gasteiger partial charge in [0.25, 0.3) is 11.7 Å². The normalized spacial score (nSPS) is 14.5. The van der Waals surface area contributed by atoms with Crippen LogP contribution >= 0.6 is 0 Å². The third kappa shape index (κ3) is 3.61. The number of ether oxygens (including phenoxy) is 1. The van der Waals surface area contributed by atoms with Crippen molar-refractivity contribution in [3.05, 3.63) is 53.6 Å². The van der Waals surface area contributed by atoms with Gasteiger partial charge in [-0.3, -0.25) is 4.79 Å². The van der Waals surface area contributed by atoms with E-state index < -0.39 is 0 Å². The maximum absolute atomic E-state index is 12.7. The highest BCUT2D eigenvalue weighted by atomic mass is 16.5. The molecule has 1 fully saturated rings. The summed E-state index contributed by atoms with van der Waals surface area (Å²) in [6.07, 6.45) is 1.66. The van der Waals surface area contributed by atoms with Gasteiger partial charge in [-0.25, -0.2) is 9.50 Å². The third-order valence-electron chi connectivity index (χ3n) is 4.70. The molecule has 8 nitrogen and oxygen atoms in total. The van der Waals surface area contributed by atoms with Crippen LogP contribution in [0.25, 0.3) is 5.78 Å². The largest absolute Gasteiger partial charge is 0.378 e. The molecule has 0 N–H and O–H groups in total. The molecule has 1 aliphatic heterocycles. The van der Waals surface area contributed by atoms with Crippen LogP contribution < -0.4 is 4.90 Å². The fourth-order valence-electron chi connectivity index (χ4n) is 3.15. The Bertz CT molecular complexity index is 946. The quantitative estimate of drug-likeness (QED) is 0.697. The number of carbonyl (C=O) groups is 1. The Balaban J connectivity index is 1.45. The maximum Gasteiger partial charge on any atom is 0.293 e. The van der Waals surface area contributed by atoms with Crippen LogP contribution in [-0.4, -0.2) is 63.7 Å². The van der Waals surface area contributed by atoms with E-state index >= 15 is 0 Å². The van der Waals surface area contributed by atoms with Crippen molar-refractivity contribution >= 4 is 17.4 Å². The zero-order chi connectivity index (χ0) is 18.8. The first-order valence-electron chi connectivity index (χ1n) is 8.97. The van der Waals surface area contributed by atoms with Gasteiger partial charge >= 0.3 is 0 Å². The molecule has 0 radical (unpaired) electrons. The minimum Gasteiger partial charge on any atom is -0.378 e. The maximum atomic E-state index is 12.7. The summed E-state index contributed by atoms with van der Waals surface area (Å²) in [4.78, 5) is 25.0. The lowest BCUT2D eigenvalue weighted by molar-refractivity contribution is 0.0773. The number of nitrogens with zero attached hydrogens (tertiary/aromatic N) is 6. The third-order valence-corrected chi connectivity index (χ3v) is 4.70. The van der Waals surface area contributed by atoms with Gasteiger partial charge in [-0.15, -0.1) is 5.10 Å². The number of benzene rings is 1. The highest BCUT2D eigenvalue weighted by molar-refractivity contribution is 5.90. The average Bonchev–Trinajstić information content (AvgIpc) is 3.14. The van der Waals surface area contributed by atoms with Gasteiger partial charge in [0.1, 0.15) is 0 Å². The molecule has 0 aliphatic carbocycles. The molecule has 0 saturated carbocycles. The molecule has 3 heterocycles. The van der Waals surface area contributed by atoms with E-state index in [0.717, 1.165) is 37.6 Å². The summed E-state index contributed by atoms with van der Waals surface area (Å²) in [6, 6.07) is 10.1. The van der Waals surface area contributed by atoms with E-state index in [-0.39, 0.29) is 11.7 Å². The number of hydrogen-bond donors (Lipinski definition) is 0. The second-order valence-corrected chi connectivity index (χ2v) is 6.66. The van der Waals surface area contributed by atoms with Gasteiger partial charge in [0, 0.05) is 44.3 Å². The Morgan fingerprint density at radius 2 is 1.93 bits per heavy atom. The van der Waals surface area contributed by atoms with Crippen molar-refractivity contribution in [2.75, 3.05) is 38.3 Å². The molecular weight excluding hydrogens is 344 g/mol. The molecular formula is C19H22N6O2. The number of rotatable bonds is 4. The van der Waals surface area contributed by atoms with Crippen molar-refractivity contribution in [1.82, 2.24) is 24.5 Å². The fraction of sp³-hybridized carbons (Fsp3) is 0.368.